The first-order valence-electron chi connectivity index (χ1n) is 7.40. The highest BCUT2D eigenvalue weighted by Gasteiger charge is 2.32. The predicted molar refractivity (Wildman–Crippen MR) is 77.6 cm³/mol. The minimum absolute atomic E-state index is 0.508. The zero-order valence-electron chi connectivity index (χ0n) is 12.0. The minimum Gasteiger partial charge on any atom is -0.497 e. The molecule has 3 nitrogen and oxygen atoms in total. The van der Waals surface area contributed by atoms with E-state index < -0.39 is 0 Å². The van der Waals surface area contributed by atoms with Crippen molar-refractivity contribution in [2.24, 2.45) is 0 Å². The van der Waals surface area contributed by atoms with Gasteiger partial charge in [0, 0.05) is 31.7 Å². The molecule has 0 radical (unpaired) electrons. The highest BCUT2D eigenvalue weighted by Crippen LogP contribution is 2.28. The maximum absolute atomic E-state index is 5.23. The van der Waals surface area contributed by atoms with Crippen LogP contribution >= 0.6 is 0 Å². The standard InChI is InChI=1S/C16H24N2O/c1-13(14-5-7-16(19-2)8-6-14)18-11-10-17-9-3-4-15(17)12-18/h5-8,13,15H,3-4,9-12H2,1-2H3. The van der Waals surface area contributed by atoms with Crippen molar-refractivity contribution in [2.45, 2.75) is 31.8 Å². The van der Waals surface area contributed by atoms with E-state index in [2.05, 4.69) is 41.0 Å². The molecule has 0 N–H and O–H groups in total. The fourth-order valence-electron chi connectivity index (χ4n) is 3.46. The monoisotopic (exact) mass is 260 g/mol. The SMILES string of the molecule is COc1ccc(C(C)N2CCN3CCCC3C2)cc1. The molecule has 3 rings (SSSR count). The summed E-state index contributed by atoms with van der Waals surface area (Å²) in [5.41, 5.74) is 1.40. The number of benzene rings is 1. The number of ether oxygens (including phenoxy) is 1. The highest BCUT2D eigenvalue weighted by atomic mass is 16.5. The molecule has 1 aromatic carbocycles. The highest BCUT2D eigenvalue weighted by molar-refractivity contribution is 5.29. The maximum atomic E-state index is 5.23. The average molecular weight is 260 g/mol. The quantitative estimate of drug-likeness (QED) is 0.830. The number of nitrogens with zero attached hydrogens (tertiary/aromatic N) is 2. The summed E-state index contributed by atoms with van der Waals surface area (Å²) in [5.74, 6) is 0.941. The number of fused-ring (bicyclic) bond motifs is 1. The molecule has 0 aromatic heterocycles. The van der Waals surface area contributed by atoms with Gasteiger partial charge in [0.15, 0.2) is 0 Å². The van der Waals surface area contributed by atoms with E-state index in [-0.39, 0.29) is 0 Å². The van der Waals surface area contributed by atoms with E-state index in [9.17, 15) is 0 Å². The van der Waals surface area contributed by atoms with Gasteiger partial charge in [0.2, 0.25) is 0 Å². The average Bonchev–Trinajstić information content (AvgIpc) is 2.94. The first-order chi connectivity index (χ1) is 9.28. The van der Waals surface area contributed by atoms with Crippen molar-refractivity contribution >= 4 is 0 Å². The Morgan fingerprint density at radius 2 is 1.95 bits per heavy atom. The van der Waals surface area contributed by atoms with E-state index in [1.54, 1.807) is 7.11 Å². The van der Waals surface area contributed by atoms with Crippen LogP contribution in [0.4, 0.5) is 0 Å². The molecule has 2 unspecified atom stereocenters. The second kappa shape index (κ2) is 5.51. The third kappa shape index (κ3) is 2.63. The van der Waals surface area contributed by atoms with Crippen LogP contribution in [-0.4, -0.2) is 49.1 Å². The third-order valence-corrected chi connectivity index (χ3v) is 4.76. The normalized spacial score (nSPS) is 26.1. The molecule has 0 spiro atoms. The van der Waals surface area contributed by atoms with Crippen molar-refractivity contribution in [2.75, 3.05) is 33.3 Å². The van der Waals surface area contributed by atoms with Crippen LogP contribution in [0.5, 0.6) is 5.75 Å². The van der Waals surface area contributed by atoms with Gasteiger partial charge < -0.3 is 4.74 Å². The van der Waals surface area contributed by atoms with Gasteiger partial charge in [0.25, 0.3) is 0 Å². The van der Waals surface area contributed by atoms with Crippen molar-refractivity contribution in [3.8, 4) is 5.75 Å². The Balaban J connectivity index is 1.67. The molecule has 2 aliphatic heterocycles. The Morgan fingerprint density at radius 3 is 2.68 bits per heavy atom. The molecule has 104 valence electrons. The van der Waals surface area contributed by atoms with Gasteiger partial charge >= 0.3 is 0 Å². The van der Waals surface area contributed by atoms with Gasteiger partial charge in [-0.25, -0.2) is 0 Å². The Morgan fingerprint density at radius 1 is 1.16 bits per heavy atom. The van der Waals surface area contributed by atoms with Gasteiger partial charge in [-0.1, -0.05) is 12.1 Å². The minimum atomic E-state index is 0.508. The van der Waals surface area contributed by atoms with E-state index in [0.29, 0.717) is 6.04 Å². The Bertz CT molecular complexity index is 417. The zero-order chi connectivity index (χ0) is 13.2. The molecular formula is C16H24N2O. The van der Waals surface area contributed by atoms with Crippen LogP contribution in [-0.2, 0) is 0 Å². The van der Waals surface area contributed by atoms with E-state index in [4.69, 9.17) is 4.74 Å². The smallest absolute Gasteiger partial charge is 0.118 e. The lowest BCUT2D eigenvalue weighted by Crippen LogP contribution is -2.50. The molecule has 2 saturated heterocycles. The summed E-state index contributed by atoms with van der Waals surface area (Å²) in [6.07, 6.45) is 2.77. The lowest BCUT2D eigenvalue weighted by atomic mass is 10.0. The summed E-state index contributed by atoms with van der Waals surface area (Å²) >= 11 is 0. The van der Waals surface area contributed by atoms with Crippen LogP contribution in [0.15, 0.2) is 24.3 Å². The van der Waals surface area contributed by atoms with Crippen molar-refractivity contribution < 1.29 is 4.74 Å². The Hall–Kier alpha value is -1.06. The molecule has 0 bridgehead atoms. The topological polar surface area (TPSA) is 15.7 Å². The van der Waals surface area contributed by atoms with Crippen LogP contribution in [0.3, 0.4) is 0 Å². The van der Waals surface area contributed by atoms with E-state index in [1.165, 1.54) is 44.6 Å². The lowest BCUT2D eigenvalue weighted by molar-refractivity contribution is 0.0770. The summed E-state index contributed by atoms with van der Waals surface area (Å²) in [6, 6.07) is 9.84. The summed E-state index contributed by atoms with van der Waals surface area (Å²) in [5, 5.41) is 0. The number of rotatable bonds is 3. The van der Waals surface area contributed by atoms with Crippen molar-refractivity contribution in [1.29, 1.82) is 0 Å². The van der Waals surface area contributed by atoms with Gasteiger partial charge in [0.1, 0.15) is 5.75 Å². The van der Waals surface area contributed by atoms with Crippen LogP contribution in [0.1, 0.15) is 31.4 Å². The van der Waals surface area contributed by atoms with Crippen LogP contribution in [0, 0.1) is 0 Å². The molecule has 1 aromatic rings. The van der Waals surface area contributed by atoms with Gasteiger partial charge in [-0.2, -0.15) is 0 Å². The molecule has 0 amide bonds. The summed E-state index contributed by atoms with van der Waals surface area (Å²) in [6.45, 7) is 7.31. The second-order valence-electron chi connectivity index (χ2n) is 5.78. The molecule has 2 aliphatic rings. The van der Waals surface area contributed by atoms with Crippen LogP contribution in [0.2, 0.25) is 0 Å². The van der Waals surface area contributed by atoms with Crippen LogP contribution in [0.25, 0.3) is 0 Å². The zero-order valence-corrected chi connectivity index (χ0v) is 12.0. The number of hydrogen-bond acceptors (Lipinski definition) is 3. The van der Waals surface area contributed by atoms with Crippen molar-refractivity contribution in [3.05, 3.63) is 29.8 Å². The molecule has 2 atom stereocenters. The summed E-state index contributed by atoms with van der Waals surface area (Å²) in [4.78, 5) is 5.30. The summed E-state index contributed by atoms with van der Waals surface area (Å²) in [7, 11) is 1.72. The van der Waals surface area contributed by atoms with Gasteiger partial charge in [-0.3, -0.25) is 9.80 Å². The van der Waals surface area contributed by atoms with E-state index in [1.807, 2.05) is 0 Å². The molecule has 0 aliphatic carbocycles. The van der Waals surface area contributed by atoms with Crippen molar-refractivity contribution in [1.82, 2.24) is 9.80 Å². The molecule has 2 heterocycles. The fraction of sp³-hybridized carbons (Fsp3) is 0.625. The van der Waals surface area contributed by atoms with Crippen LogP contribution < -0.4 is 4.74 Å². The summed E-state index contributed by atoms with van der Waals surface area (Å²) < 4.78 is 5.23. The number of hydrogen-bond donors (Lipinski definition) is 0. The van der Waals surface area contributed by atoms with Gasteiger partial charge in [-0.05, 0) is 44.0 Å². The second-order valence-corrected chi connectivity index (χ2v) is 5.78. The molecular weight excluding hydrogens is 236 g/mol. The number of piperazine rings is 1. The Kier molecular flexibility index (Phi) is 3.76. The molecule has 3 heteroatoms. The first kappa shape index (κ1) is 12.9. The molecule has 0 saturated carbocycles. The fourth-order valence-corrected chi connectivity index (χ4v) is 3.46. The number of methoxy groups -OCH3 is 1. The lowest BCUT2D eigenvalue weighted by Gasteiger charge is -2.40. The third-order valence-electron chi connectivity index (χ3n) is 4.76. The Labute approximate surface area is 116 Å². The molecule has 19 heavy (non-hydrogen) atoms. The first-order valence-corrected chi connectivity index (χ1v) is 7.40. The van der Waals surface area contributed by atoms with Gasteiger partial charge in [0.05, 0.1) is 7.11 Å². The van der Waals surface area contributed by atoms with E-state index >= 15 is 0 Å². The van der Waals surface area contributed by atoms with E-state index in [0.717, 1.165) is 11.8 Å². The van der Waals surface area contributed by atoms with Gasteiger partial charge in [-0.15, -0.1) is 0 Å². The van der Waals surface area contributed by atoms with Crippen molar-refractivity contribution in [3.63, 3.8) is 0 Å². The molecule has 2 fully saturated rings. The predicted octanol–water partition coefficient (Wildman–Crippen LogP) is 2.54. The maximum Gasteiger partial charge on any atom is 0.118 e. The largest absolute Gasteiger partial charge is 0.497 e.